The Labute approximate surface area is 94.9 Å². The summed E-state index contributed by atoms with van der Waals surface area (Å²) in [6.45, 7) is 0. The molecule has 0 atom stereocenters. The van der Waals surface area contributed by atoms with Crippen LogP contribution in [-0.2, 0) is 10.0 Å². The van der Waals surface area contributed by atoms with E-state index in [0.717, 1.165) is 6.26 Å². The van der Waals surface area contributed by atoms with E-state index < -0.39 is 10.0 Å². The number of hydrogen-bond donors (Lipinski definition) is 1. The Bertz CT molecular complexity index is 421. The molecule has 0 fully saturated rings. The van der Waals surface area contributed by atoms with Crippen molar-refractivity contribution >= 4 is 49.9 Å². The summed E-state index contributed by atoms with van der Waals surface area (Å²) in [5, 5.41) is 0.256. The fourth-order valence-corrected chi connectivity index (χ4v) is 2.03. The van der Waals surface area contributed by atoms with Gasteiger partial charge < -0.3 is 0 Å². The average Bonchev–Trinajstić information content (AvgIpc) is 1.94. The lowest BCUT2D eigenvalue weighted by Gasteiger charge is -2.05. The molecule has 0 aliphatic carbocycles. The predicted molar refractivity (Wildman–Crippen MR) is 60.4 cm³/mol. The molecule has 1 aromatic rings. The van der Waals surface area contributed by atoms with Crippen LogP contribution < -0.4 is 4.72 Å². The molecule has 0 saturated heterocycles. The van der Waals surface area contributed by atoms with Crippen LogP contribution in [0.25, 0.3) is 0 Å². The molecule has 1 rings (SSSR count). The number of aromatic nitrogens is 1. The van der Waals surface area contributed by atoms with Gasteiger partial charge in [-0.2, -0.15) is 0 Å². The maximum atomic E-state index is 10.9. The third kappa shape index (κ3) is 3.65. The van der Waals surface area contributed by atoms with Crippen LogP contribution in [0.15, 0.2) is 12.3 Å². The van der Waals surface area contributed by atoms with Crippen LogP contribution in [0, 0.1) is 3.57 Å². The zero-order chi connectivity index (χ0) is 10.1. The molecule has 7 heteroatoms. The number of sulfonamides is 1. The highest BCUT2D eigenvalue weighted by Crippen LogP contribution is 2.20. The molecule has 0 bridgehead atoms. The van der Waals surface area contributed by atoms with Crippen LogP contribution >= 0.6 is 34.2 Å². The first-order valence-electron chi connectivity index (χ1n) is 3.17. The minimum absolute atomic E-state index is 0.256. The Hall–Kier alpha value is -0.0800. The highest BCUT2D eigenvalue weighted by molar-refractivity contribution is 14.1. The van der Waals surface area contributed by atoms with Crippen molar-refractivity contribution in [2.75, 3.05) is 11.0 Å². The molecule has 0 spiro atoms. The van der Waals surface area contributed by atoms with Gasteiger partial charge in [-0.05, 0) is 22.6 Å². The van der Waals surface area contributed by atoms with E-state index >= 15 is 0 Å². The largest absolute Gasteiger partial charge is 0.283 e. The molecule has 4 nitrogen and oxygen atoms in total. The summed E-state index contributed by atoms with van der Waals surface area (Å²) >= 11 is 7.57. The Morgan fingerprint density at radius 1 is 1.62 bits per heavy atom. The van der Waals surface area contributed by atoms with Gasteiger partial charge in [-0.15, -0.1) is 0 Å². The third-order valence-electron chi connectivity index (χ3n) is 1.12. The van der Waals surface area contributed by atoms with E-state index in [9.17, 15) is 8.42 Å². The average molecular weight is 333 g/mol. The van der Waals surface area contributed by atoms with Crippen molar-refractivity contribution in [2.45, 2.75) is 0 Å². The van der Waals surface area contributed by atoms with Crippen molar-refractivity contribution in [1.29, 1.82) is 0 Å². The first kappa shape index (κ1) is 11.0. The van der Waals surface area contributed by atoms with E-state index in [-0.39, 0.29) is 5.15 Å². The maximum absolute atomic E-state index is 10.9. The number of nitrogens with zero attached hydrogens (tertiary/aromatic N) is 1. The van der Waals surface area contributed by atoms with Gasteiger partial charge in [0.15, 0.2) is 0 Å². The van der Waals surface area contributed by atoms with E-state index in [1.54, 1.807) is 0 Å². The van der Waals surface area contributed by atoms with E-state index in [1.165, 1.54) is 12.3 Å². The van der Waals surface area contributed by atoms with Crippen LogP contribution in [-0.4, -0.2) is 19.7 Å². The van der Waals surface area contributed by atoms with Gasteiger partial charge in [0.2, 0.25) is 10.0 Å². The lowest BCUT2D eigenvalue weighted by Crippen LogP contribution is -2.10. The van der Waals surface area contributed by atoms with Crippen LogP contribution in [0.5, 0.6) is 0 Å². The zero-order valence-corrected chi connectivity index (χ0v) is 10.3. The minimum atomic E-state index is -3.26. The van der Waals surface area contributed by atoms with Crippen molar-refractivity contribution in [3.63, 3.8) is 0 Å². The Kier molecular flexibility index (Phi) is 3.36. The van der Waals surface area contributed by atoms with E-state index in [4.69, 9.17) is 11.6 Å². The zero-order valence-electron chi connectivity index (χ0n) is 6.58. The summed E-state index contributed by atoms with van der Waals surface area (Å²) < 4.78 is 24.8. The summed E-state index contributed by atoms with van der Waals surface area (Å²) in [5.41, 5.74) is 0.447. The van der Waals surface area contributed by atoms with Gasteiger partial charge in [0.25, 0.3) is 0 Å². The molecule has 72 valence electrons. The molecule has 1 N–H and O–H groups in total. The highest BCUT2D eigenvalue weighted by Gasteiger charge is 2.06. The second-order valence-corrected chi connectivity index (χ2v) is 5.66. The molecule has 13 heavy (non-hydrogen) atoms. The van der Waals surface area contributed by atoms with Crippen molar-refractivity contribution in [1.82, 2.24) is 4.98 Å². The number of rotatable bonds is 2. The molecule has 1 heterocycles. The first-order valence-corrected chi connectivity index (χ1v) is 6.52. The molecule has 0 radical (unpaired) electrons. The van der Waals surface area contributed by atoms with E-state index in [1.807, 2.05) is 22.6 Å². The SMILES string of the molecule is CS(=O)(=O)Nc1cc(Cl)ncc1I. The second-order valence-electron chi connectivity index (χ2n) is 2.36. The van der Waals surface area contributed by atoms with Gasteiger partial charge in [-0.1, -0.05) is 11.6 Å². The van der Waals surface area contributed by atoms with Crippen LogP contribution in [0.2, 0.25) is 5.15 Å². The number of nitrogens with one attached hydrogen (secondary N) is 1. The Morgan fingerprint density at radius 3 is 2.77 bits per heavy atom. The van der Waals surface area contributed by atoms with Crippen LogP contribution in [0.3, 0.4) is 0 Å². The number of pyridine rings is 1. The summed E-state index contributed by atoms with van der Waals surface area (Å²) in [7, 11) is -3.26. The van der Waals surface area contributed by atoms with Gasteiger partial charge in [-0.3, -0.25) is 4.72 Å². The molecule has 0 aliphatic rings. The Morgan fingerprint density at radius 2 is 2.23 bits per heavy atom. The maximum Gasteiger partial charge on any atom is 0.229 e. The van der Waals surface area contributed by atoms with Crippen LogP contribution in [0.4, 0.5) is 5.69 Å². The molecule has 0 aliphatic heterocycles. The first-order chi connectivity index (χ1) is 5.88. The second kappa shape index (κ2) is 3.97. The van der Waals surface area contributed by atoms with Crippen molar-refractivity contribution in [3.05, 3.63) is 21.0 Å². The lowest BCUT2D eigenvalue weighted by molar-refractivity contribution is 0.607. The van der Waals surface area contributed by atoms with Gasteiger partial charge in [0, 0.05) is 12.3 Å². The quantitative estimate of drug-likeness (QED) is 0.662. The van der Waals surface area contributed by atoms with Gasteiger partial charge in [0.1, 0.15) is 5.15 Å². The van der Waals surface area contributed by atoms with Gasteiger partial charge >= 0.3 is 0 Å². The molecule has 0 aromatic carbocycles. The smallest absolute Gasteiger partial charge is 0.229 e. The summed E-state index contributed by atoms with van der Waals surface area (Å²) in [5.74, 6) is 0. The van der Waals surface area contributed by atoms with Crippen molar-refractivity contribution in [3.8, 4) is 0 Å². The topological polar surface area (TPSA) is 59.1 Å². The number of halogens is 2. The molecule has 0 amide bonds. The van der Waals surface area contributed by atoms with E-state index in [2.05, 4.69) is 9.71 Å². The van der Waals surface area contributed by atoms with Crippen molar-refractivity contribution < 1.29 is 8.42 Å². The predicted octanol–water partition coefficient (Wildman–Crippen LogP) is 1.71. The monoisotopic (exact) mass is 332 g/mol. The highest BCUT2D eigenvalue weighted by atomic mass is 127. The lowest BCUT2D eigenvalue weighted by atomic mass is 10.4. The third-order valence-corrected chi connectivity index (χ3v) is 2.77. The van der Waals surface area contributed by atoms with E-state index in [0.29, 0.717) is 9.26 Å². The number of hydrogen-bond acceptors (Lipinski definition) is 3. The standard InChI is InChI=1S/C6H6ClIN2O2S/c1-13(11,12)10-5-2-6(7)9-3-4(5)8/h2-3H,1H3,(H,9,10). The van der Waals surface area contributed by atoms with Crippen molar-refractivity contribution in [2.24, 2.45) is 0 Å². The van der Waals surface area contributed by atoms with Crippen LogP contribution in [0.1, 0.15) is 0 Å². The molecule has 1 aromatic heterocycles. The summed E-state index contributed by atoms with van der Waals surface area (Å²) in [4.78, 5) is 3.79. The van der Waals surface area contributed by atoms with Gasteiger partial charge in [0.05, 0.1) is 15.5 Å². The molecule has 0 saturated carbocycles. The molecular weight excluding hydrogens is 327 g/mol. The molecule has 0 unspecified atom stereocenters. The summed E-state index contributed by atoms with van der Waals surface area (Å²) in [6.07, 6.45) is 2.58. The number of anilines is 1. The normalized spacial score (nSPS) is 11.3. The fourth-order valence-electron chi connectivity index (χ4n) is 0.691. The summed E-state index contributed by atoms with van der Waals surface area (Å²) in [6, 6.07) is 1.46. The Balaban J connectivity index is 3.08. The fraction of sp³-hybridized carbons (Fsp3) is 0.167. The minimum Gasteiger partial charge on any atom is -0.283 e. The molecular formula is C6H6ClIN2O2S. The van der Waals surface area contributed by atoms with Gasteiger partial charge in [-0.25, -0.2) is 13.4 Å².